The molecule has 8 nitrogen and oxygen atoms in total. The Morgan fingerprint density at radius 1 is 0.972 bits per heavy atom. The summed E-state index contributed by atoms with van der Waals surface area (Å²) in [5.74, 6) is 0.164. The number of nitrogens with one attached hydrogen (secondary N) is 3. The smallest absolute Gasteiger partial charge is 0.262 e. The highest BCUT2D eigenvalue weighted by Gasteiger charge is 2.45. The van der Waals surface area contributed by atoms with Crippen molar-refractivity contribution in [2.45, 2.75) is 18.4 Å². The SMILES string of the molecule is CN1CCN(c2ccc(C(=O)Nc3[nH]nc4sc(C(=O)NC5(c6ccccc6)CC5)cc34)cc2)CC1. The number of H-pyrrole nitrogens is 1. The maximum atomic E-state index is 13.0. The van der Waals surface area contributed by atoms with Crippen molar-refractivity contribution in [2.24, 2.45) is 0 Å². The van der Waals surface area contributed by atoms with Gasteiger partial charge in [-0.05, 0) is 55.8 Å². The Morgan fingerprint density at radius 2 is 1.69 bits per heavy atom. The number of thiophene rings is 1. The standard InChI is InChI=1S/C27H28N6O2S/c1-32-13-15-33(16-14-32)20-9-7-18(8-10-20)24(34)28-23-21-17-22(36-26(21)31-30-23)25(35)29-27(11-12-27)19-5-3-2-4-6-19/h2-10,17H,11-16H2,1H3,(H,29,35)(H2,28,30,31,34). The van der Waals surface area contributed by atoms with Gasteiger partial charge in [0.05, 0.1) is 15.8 Å². The molecule has 36 heavy (non-hydrogen) atoms. The Balaban J connectivity index is 1.14. The average molecular weight is 501 g/mol. The second-order valence-corrected chi connectivity index (χ2v) is 10.7. The lowest BCUT2D eigenvalue weighted by atomic mass is 10.1. The Bertz CT molecular complexity index is 1400. The molecule has 0 atom stereocenters. The van der Waals surface area contributed by atoms with Gasteiger partial charge < -0.3 is 20.4 Å². The van der Waals surface area contributed by atoms with Crippen LogP contribution in [0.15, 0.2) is 60.7 Å². The number of nitrogens with zero attached hydrogens (tertiary/aromatic N) is 3. The molecule has 3 heterocycles. The molecule has 4 aromatic rings. The van der Waals surface area contributed by atoms with E-state index >= 15 is 0 Å². The second-order valence-electron chi connectivity index (χ2n) is 9.62. The molecule has 9 heteroatoms. The van der Waals surface area contributed by atoms with Crippen molar-refractivity contribution < 1.29 is 9.59 Å². The number of aromatic amines is 1. The molecule has 6 rings (SSSR count). The molecule has 2 aromatic carbocycles. The van der Waals surface area contributed by atoms with E-state index in [0.717, 1.165) is 55.7 Å². The summed E-state index contributed by atoms with van der Waals surface area (Å²) >= 11 is 1.32. The van der Waals surface area contributed by atoms with Crippen LogP contribution >= 0.6 is 11.3 Å². The van der Waals surface area contributed by atoms with Crippen LogP contribution in [0.4, 0.5) is 11.5 Å². The maximum Gasteiger partial charge on any atom is 0.262 e. The fraction of sp³-hybridized carbons (Fsp3) is 0.296. The third-order valence-corrected chi connectivity index (χ3v) is 8.17. The minimum atomic E-state index is -0.279. The number of anilines is 2. The average Bonchev–Trinajstić information content (AvgIpc) is 3.41. The number of benzene rings is 2. The van der Waals surface area contributed by atoms with Gasteiger partial charge in [-0.2, -0.15) is 5.10 Å². The van der Waals surface area contributed by atoms with E-state index in [9.17, 15) is 9.59 Å². The molecule has 0 spiro atoms. The number of aromatic nitrogens is 2. The summed E-state index contributed by atoms with van der Waals surface area (Å²) in [5, 5.41) is 14.1. The first-order valence-electron chi connectivity index (χ1n) is 12.2. The molecule has 2 amide bonds. The largest absolute Gasteiger partial charge is 0.369 e. The highest BCUT2D eigenvalue weighted by atomic mass is 32.1. The fourth-order valence-corrected chi connectivity index (χ4v) is 5.63. The molecule has 1 aliphatic heterocycles. The molecule has 0 bridgehead atoms. The van der Waals surface area contributed by atoms with Crippen LogP contribution in [0, 0.1) is 0 Å². The van der Waals surface area contributed by atoms with Crippen LogP contribution in [-0.2, 0) is 5.54 Å². The summed E-state index contributed by atoms with van der Waals surface area (Å²) in [6, 6.07) is 19.6. The zero-order chi connectivity index (χ0) is 24.7. The van der Waals surface area contributed by atoms with Gasteiger partial charge in [-0.25, -0.2) is 0 Å². The Hall–Kier alpha value is -3.69. The third-order valence-electron chi connectivity index (χ3n) is 7.14. The van der Waals surface area contributed by atoms with Crippen LogP contribution in [-0.4, -0.2) is 60.1 Å². The van der Waals surface area contributed by atoms with Gasteiger partial charge in [-0.15, -0.1) is 11.3 Å². The summed E-state index contributed by atoms with van der Waals surface area (Å²) in [5.41, 5.74) is 2.55. The molecule has 184 valence electrons. The monoisotopic (exact) mass is 500 g/mol. The number of amides is 2. The highest BCUT2D eigenvalue weighted by molar-refractivity contribution is 7.20. The first-order valence-corrected chi connectivity index (χ1v) is 13.0. The summed E-state index contributed by atoms with van der Waals surface area (Å²) in [6.07, 6.45) is 1.86. The van der Waals surface area contributed by atoms with E-state index < -0.39 is 0 Å². The molecular weight excluding hydrogens is 472 g/mol. The number of hydrogen-bond donors (Lipinski definition) is 3. The number of carbonyl (C=O) groups excluding carboxylic acids is 2. The number of hydrogen-bond acceptors (Lipinski definition) is 6. The molecule has 2 aliphatic rings. The van der Waals surface area contributed by atoms with Gasteiger partial charge in [0.25, 0.3) is 11.8 Å². The van der Waals surface area contributed by atoms with Gasteiger partial charge in [-0.3, -0.25) is 14.7 Å². The topological polar surface area (TPSA) is 93.4 Å². The minimum Gasteiger partial charge on any atom is -0.369 e. The van der Waals surface area contributed by atoms with Crippen LogP contribution in [0.3, 0.4) is 0 Å². The summed E-state index contributed by atoms with van der Waals surface area (Å²) in [4.78, 5) is 31.9. The van der Waals surface area contributed by atoms with Crippen molar-refractivity contribution in [3.8, 4) is 0 Å². The van der Waals surface area contributed by atoms with Gasteiger partial charge in [-0.1, -0.05) is 30.3 Å². The van der Waals surface area contributed by atoms with Crippen molar-refractivity contribution in [1.82, 2.24) is 20.4 Å². The number of piperazine rings is 1. The van der Waals surface area contributed by atoms with Gasteiger partial charge in [0, 0.05) is 37.4 Å². The molecule has 0 unspecified atom stereocenters. The van der Waals surface area contributed by atoms with E-state index in [2.05, 4.69) is 49.8 Å². The first-order chi connectivity index (χ1) is 17.5. The van der Waals surface area contributed by atoms with Crippen molar-refractivity contribution in [3.63, 3.8) is 0 Å². The molecule has 1 saturated carbocycles. The zero-order valence-electron chi connectivity index (χ0n) is 20.1. The van der Waals surface area contributed by atoms with Gasteiger partial charge in [0.2, 0.25) is 0 Å². The minimum absolute atomic E-state index is 0.115. The van der Waals surface area contributed by atoms with Crippen molar-refractivity contribution in [2.75, 3.05) is 43.4 Å². The fourth-order valence-electron chi connectivity index (χ4n) is 4.74. The molecule has 3 N–H and O–H groups in total. The molecule has 0 radical (unpaired) electrons. The number of fused-ring (bicyclic) bond motifs is 1. The number of rotatable bonds is 6. The Morgan fingerprint density at radius 3 is 2.39 bits per heavy atom. The quantitative estimate of drug-likeness (QED) is 0.372. The normalized spacial score (nSPS) is 17.2. The molecule has 2 aromatic heterocycles. The predicted octanol–water partition coefficient (Wildman–Crippen LogP) is 4.05. The molecule has 2 fully saturated rings. The van der Waals surface area contributed by atoms with E-state index in [1.807, 2.05) is 42.5 Å². The van der Waals surface area contributed by atoms with Crippen molar-refractivity contribution in [3.05, 3.63) is 76.7 Å². The van der Waals surface area contributed by atoms with Gasteiger partial charge in [0.1, 0.15) is 10.6 Å². The van der Waals surface area contributed by atoms with Crippen molar-refractivity contribution >= 4 is 44.9 Å². The van der Waals surface area contributed by atoms with E-state index in [1.165, 1.54) is 11.3 Å². The zero-order valence-corrected chi connectivity index (χ0v) is 20.9. The summed E-state index contributed by atoms with van der Waals surface area (Å²) in [6.45, 7) is 4.03. The van der Waals surface area contributed by atoms with Crippen molar-refractivity contribution in [1.29, 1.82) is 0 Å². The number of likely N-dealkylation sites (N-methyl/N-ethyl adjacent to an activating group) is 1. The van der Waals surface area contributed by atoms with Crippen LogP contribution < -0.4 is 15.5 Å². The van der Waals surface area contributed by atoms with Gasteiger partial charge in [0.15, 0.2) is 0 Å². The highest BCUT2D eigenvalue weighted by Crippen LogP contribution is 2.45. The van der Waals surface area contributed by atoms with E-state index in [0.29, 0.717) is 21.1 Å². The third kappa shape index (κ3) is 4.36. The van der Waals surface area contributed by atoms with E-state index in [1.54, 1.807) is 6.07 Å². The Labute approximate surface area is 213 Å². The van der Waals surface area contributed by atoms with E-state index in [-0.39, 0.29) is 17.4 Å². The van der Waals surface area contributed by atoms with Crippen LogP contribution in [0.25, 0.3) is 10.2 Å². The Kier molecular flexibility index (Phi) is 5.73. The lowest BCUT2D eigenvalue weighted by Gasteiger charge is -2.34. The summed E-state index contributed by atoms with van der Waals surface area (Å²) < 4.78 is 0. The van der Waals surface area contributed by atoms with E-state index in [4.69, 9.17) is 0 Å². The molecule has 1 aliphatic carbocycles. The lowest BCUT2D eigenvalue weighted by Crippen LogP contribution is -2.44. The molecule has 1 saturated heterocycles. The van der Waals surface area contributed by atoms with Crippen LogP contribution in [0.5, 0.6) is 0 Å². The summed E-state index contributed by atoms with van der Waals surface area (Å²) in [7, 11) is 2.13. The number of carbonyl (C=O) groups is 2. The van der Waals surface area contributed by atoms with Gasteiger partial charge >= 0.3 is 0 Å². The second kappa shape index (κ2) is 9.07. The maximum absolute atomic E-state index is 13.0. The lowest BCUT2D eigenvalue weighted by molar-refractivity contribution is 0.0934. The predicted molar refractivity (Wildman–Crippen MR) is 143 cm³/mol. The first kappa shape index (κ1) is 22.8. The van der Waals surface area contributed by atoms with Crippen LogP contribution in [0.1, 0.15) is 38.4 Å². The molecular formula is C27H28N6O2S. The van der Waals surface area contributed by atoms with Crippen LogP contribution in [0.2, 0.25) is 0 Å².